The molecule has 5 N–H and O–H groups in total. The molecule has 11 nitrogen and oxygen atoms in total. The minimum Gasteiger partial charge on any atom is -0.431 e. The summed E-state index contributed by atoms with van der Waals surface area (Å²) in [5.74, 6) is -2.10. The van der Waals surface area contributed by atoms with Gasteiger partial charge in [-0.25, -0.2) is 13.1 Å². The lowest BCUT2D eigenvalue weighted by Gasteiger charge is -2.31. The fourth-order valence-electron chi connectivity index (χ4n) is 3.25. The summed E-state index contributed by atoms with van der Waals surface area (Å²) in [6.07, 6.45) is -0.736. The maximum atomic E-state index is 12.6. The predicted molar refractivity (Wildman–Crippen MR) is 125 cm³/mol. The third-order valence-electron chi connectivity index (χ3n) is 5.05. The Morgan fingerprint density at radius 2 is 1.74 bits per heavy atom. The summed E-state index contributed by atoms with van der Waals surface area (Å²) in [5.41, 5.74) is 0.677. The molecule has 0 aliphatic heterocycles. The fraction of sp³-hybridized carbons (Fsp3) is 0.500. The van der Waals surface area contributed by atoms with Crippen LogP contribution in [-0.4, -0.2) is 59.9 Å². The second-order valence-electron chi connectivity index (χ2n) is 8.59. The molecule has 188 valence electrons. The average Bonchev–Trinajstić information content (AvgIpc) is 3.22. The summed E-state index contributed by atoms with van der Waals surface area (Å²) >= 11 is 0. The van der Waals surface area contributed by atoms with Crippen LogP contribution in [0.5, 0.6) is 0 Å². The number of rotatable bonds is 12. The van der Waals surface area contributed by atoms with Crippen molar-refractivity contribution in [2.24, 2.45) is 11.8 Å². The van der Waals surface area contributed by atoms with Crippen molar-refractivity contribution < 1.29 is 32.6 Å². The molecule has 1 heterocycles. The molecule has 0 bridgehead atoms. The van der Waals surface area contributed by atoms with E-state index in [-0.39, 0.29) is 24.2 Å². The fourth-order valence-corrected chi connectivity index (χ4v) is 3.66. The first-order valence-corrected chi connectivity index (χ1v) is 12.7. The number of anilines is 1. The quantitative estimate of drug-likeness (QED) is 0.288. The summed E-state index contributed by atoms with van der Waals surface area (Å²) in [6.45, 7) is 5.51. The van der Waals surface area contributed by atoms with E-state index < -0.39 is 46.0 Å². The molecule has 0 radical (unpaired) electrons. The molecule has 0 aliphatic rings. The van der Waals surface area contributed by atoms with Crippen molar-refractivity contribution in [3.05, 3.63) is 47.9 Å². The second-order valence-corrected chi connectivity index (χ2v) is 10.3. The van der Waals surface area contributed by atoms with Crippen LogP contribution in [0.3, 0.4) is 0 Å². The van der Waals surface area contributed by atoms with Crippen LogP contribution in [0.25, 0.3) is 0 Å². The number of hydrogen-bond donors (Lipinski definition) is 5. The van der Waals surface area contributed by atoms with Crippen molar-refractivity contribution in [1.29, 1.82) is 0 Å². The largest absolute Gasteiger partial charge is 0.431 e. The maximum Gasteiger partial charge on any atom is 0.309 e. The molecule has 4 atom stereocenters. The molecular weight excluding hydrogens is 464 g/mol. The first-order chi connectivity index (χ1) is 15.9. The predicted octanol–water partition coefficient (Wildman–Crippen LogP) is 0.865. The third-order valence-corrected chi connectivity index (χ3v) is 5.59. The van der Waals surface area contributed by atoms with E-state index in [1.807, 2.05) is 48.9 Å². The van der Waals surface area contributed by atoms with E-state index in [0.717, 1.165) is 18.1 Å². The second kappa shape index (κ2) is 12.0. The highest BCUT2D eigenvalue weighted by Gasteiger charge is 2.35. The number of hydrogen-bond acceptors (Lipinski definition) is 8. The number of benzene rings is 1. The molecule has 1 aromatic heterocycles. The molecule has 1 aromatic carbocycles. The Morgan fingerprint density at radius 1 is 1.09 bits per heavy atom. The van der Waals surface area contributed by atoms with Crippen LogP contribution in [0.1, 0.15) is 43.2 Å². The normalized spacial score (nSPS) is 15.3. The van der Waals surface area contributed by atoms with Gasteiger partial charge < -0.3 is 25.3 Å². The van der Waals surface area contributed by atoms with Crippen molar-refractivity contribution in [2.75, 3.05) is 11.0 Å². The Kier molecular flexibility index (Phi) is 9.59. The Morgan fingerprint density at radius 3 is 2.32 bits per heavy atom. The lowest BCUT2D eigenvalue weighted by Crippen LogP contribution is -2.53. The van der Waals surface area contributed by atoms with Crippen LogP contribution >= 0.6 is 0 Å². The zero-order valence-electron chi connectivity index (χ0n) is 19.6. The molecule has 0 saturated heterocycles. The molecule has 12 heteroatoms. The van der Waals surface area contributed by atoms with Gasteiger partial charge in [0.2, 0.25) is 15.9 Å². The number of oxazole rings is 1. The van der Waals surface area contributed by atoms with Gasteiger partial charge in [0.25, 0.3) is 5.91 Å². The molecule has 2 rings (SSSR count). The SMILES string of the molecule is CC(C)C[C@H](NC(=O)c1coc(NS(C)(=O)=O)n1)[C@@H](O)[C@H](O)[C@@H](C)C(=O)NCc1ccccc1. The molecule has 0 fully saturated rings. The van der Waals surface area contributed by atoms with E-state index in [9.17, 15) is 28.2 Å². The Labute approximate surface area is 199 Å². The number of aliphatic hydroxyl groups is 2. The van der Waals surface area contributed by atoms with Gasteiger partial charge in [-0.1, -0.05) is 51.1 Å². The van der Waals surface area contributed by atoms with Crippen LogP contribution in [0, 0.1) is 11.8 Å². The summed E-state index contributed by atoms with van der Waals surface area (Å²) in [6, 6.07) is 7.97. The van der Waals surface area contributed by atoms with E-state index in [1.54, 1.807) is 0 Å². The standard InChI is InChI=1S/C22H32N4O7S/c1-13(2)10-16(24-21(30)17-12-33-22(25-17)26-34(4,31)32)19(28)18(27)14(3)20(29)23-11-15-8-6-5-7-9-15/h5-9,12-14,16,18-19,27-28H,10-11H2,1-4H3,(H,23,29)(H,24,30)(H,25,26)/t14-,16+,18-,19-/m1/s1. The molecule has 2 aromatic rings. The van der Waals surface area contributed by atoms with Crippen LogP contribution in [0.4, 0.5) is 6.01 Å². The van der Waals surface area contributed by atoms with Gasteiger partial charge in [-0.3, -0.25) is 9.59 Å². The lowest BCUT2D eigenvalue weighted by molar-refractivity contribution is -0.132. The number of carbonyl (C=O) groups excluding carboxylic acids is 2. The molecule has 2 amide bonds. The number of carbonyl (C=O) groups is 2. The number of aliphatic hydroxyl groups excluding tert-OH is 2. The van der Waals surface area contributed by atoms with Gasteiger partial charge >= 0.3 is 6.01 Å². The van der Waals surface area contributed by atoms with Gasteiger partial charge in [0, 0.05) is 6.54 Å². The third kappa shape index (κ3) is 8.43. The Balaban J connectivity index is 2.04. The zero-order valence-corrected chi connectivity index (χ0v) is 20.4. The highest BCUT2D eigenvalue weighted by Crippen LogP contribution is 2.18. The summed E-state index contributed by atoms with van der Waals surface area (Å²) < 4.78 is 29.5. The van der Waals surface area contributed by atoms with Crippen molar-refractivity contribution in [1.82, 2.24) is 15.6 Å². The maximum absolute atomic E-state index is 12.6. The van der Waals surface area contributed by atoms with Gasteiger partial charge in [0.15, 0.2) is 5.69 Å². The summed E-state index contributed by atoms with van der Waals surface area (Å²) in [4.78, 5) is 28.9. The van der Waals surface area contributed by atoms with Gasteiger partial charge in [0.05, 0.1) is 24.3 Å². The highest BCUT2D eigenvalue weighted by atomic mass is 32.2. The Bertz CT molecular complexity index is 1060. The minimum atomic E-state index is -3.64. The monoisotopic (exact) mass is 496 g/mol. The van der Waals surface area contributed by atoms with Crippen LogP contribution in [0.15, 0.2) is 41.0 Å². The minimum absolute atomic E-state index is 0.0362. The van der Waals surface area contributed by atoms with E-state index in [4.69, 9.17) is 4.42 Å². The number of nitrogens with zero attached hydrogens (tertiary/aromatic N) is 1. The van der Waals surface area contributed by atoms with Gasteiger partial charge in [-0.05, 0) is 17.9 Å². The van der Waals surface area contributed by atoms with E-state index >= 15 is 0 Å². The molecule has 0 unspecified atom stereocenters. The molecule has 34 heavy (non-hydrogen) atoms. The van der Waals surface area contributed by atoms with Crippen LogP contribution in [0.2, 0.25) is 0 Å². The van der Waals surface area contributed by atoms with Crippen molar-refractivity contribution in [3.8, 4) is 0 Å². The molecule has 0 saturated carbocycles. The number of amides is 2. The van der Waals surface area contributed by atoms with Crippen molar-refractivity contribution >= 4 is 27.9 Å². The van der Waals surface area contributed by atoms with Crippen LogP contribution < -0.4 is 15.4 Å². The first kappa shape index (κ1) is 27.3. The Hall–Kier alpha value is -2.96. The number of nitrogens with one attached hydrogen (secondary N) is 3. The van der Waals surface area contributed by atoms with Gasteiger partial charge in [-0.2, -0.15) is 4.98 Å². The zero-order chi connectivity index (χ0) is 25.5. The van der Waals surface area contributed by atoms with Crippen molar-refractivity contribution in [2.45, 2.75) is 52.0 Å². The number of aromatic nitrogens is 1. The smallest absolute Gasteiger partial charge is 0.309 e. The van der Waals surface area contributed by atoms with Crippen molar-refractivity contribution in [3.63, 3.8) is 0 Å². The van der Waals surface area contributed by atoms with Gasteiger partial charge in [-0.15, -0.1) is 0 Å². The summed E-state index contributed by atoms with van der Waals surface area (Å²) in [7, 11) is -3.64. The topological polar surface area (TPSA) is 171 Å². The highest BCUT2D eigenvalue weighted by molar-refractivity contribution is 7.91. The van der Waals surface area contributed by atoms with E-state index in [2.05, 4.69) is 15.6 Å². The molecular formula is C22H32N4O7S. The first-order valence-electron chi connectivity index (χ1n) is 10.8. The lowest BCUT2D eigenvalue weighted by atomic mass is 9.90. The van der Waals surface area contributed by atoms with Crippen LogP contribution in [-0.2, 0) is 21.4 Å². The summed E-state index contributed by atoms with van der Waals surface area (Å²) in [5, 5.41) is 26.8. The van der Waals surface area contributed by atoms with E-state index in [1.165, 1.54) is 6.92 Å². The molecule has 0 aliphatic carbocycles. The average molecular weight is 497 g/mol. The number of sulfonamides is 1. The molecule has 0 spiro atoms. The van der Waals surface area contributed by atoms with Gasteiger partial charge in [0.1, 0.15) is 12.4 Å². The van der Waals surface area contributed by atoms with E-state index in [0.29, 0.717) is 6.42 Å².